The molecular weight excluding hydrogens is 348 g/mol. The maximum Gasteiger partial charge on any atom is 0.230 e. The summed E-state index contributed by atoms with van der Waals surface area (Å²) < 4.78 is 10.7. The van der Waals surface area contributed by atoms with E-state index in [1.165, 1.54) is 0 Å². The summed E-state index contributed by atoms with van der Waals surface area (Å²) >= 11 is 5.20. The van der Waals surface area contributed by atoms with Crippen LogP contribution < -0.4 is 20.1 Å². The Kier molecular flexibility index (Phi) is 7.17. The van der Waals surface area contributed by atoms with Crippen LogP contribution in [0.15, 0.2) is 60.7 Å². The standard InChI is InChI=1S/C20H22N2O3S/c1-14(2)13-25-18-6-4-5-16(12-18)21-20(26)22-19(23)11-15-7-9-17(24-3)10-8-15/h4-10,12H,1,11,13H2,2-3H3,(H2,21,22,23,26). The van der Waals surface area contributed by atoms with Crippen molar-refractivity contribution in [2.75, 3.05) is 19.0 Å². The van der Waals surface area contributed by atoms with Gasteiger partial charge in [0.2, 0.25) is 5.91 Å². The Hall–Kier alpha value is -2.86. The van der Waals surface area contributed by atoms with Gasteiger partial charge >= 0.3 is 0 Å². The van der Waals surface area contributed by atoms with Crippen molar-refractivity contribution in [3.63, 3.8) is 0 Å². The molecule has 5 nitrogen and oxygen atoms in total. The Morgan fingerprint density at radius 3 is 2.54 bits per heavy atom. The monoisotopic (exact) mass is 370 g/mol. The normalized spacial score (nSPS) is 9.92. The maximum atomic E-state index is 12.1. The SMILES string of the molecule is C=C(C)COc1cccc(NC(=S)NC(=O)Cc2ccc(OC)cc2)c1. The maximum absolute atomic E-state index is 12.1. The van der Waals surface area contributed by atoms with Gasteiger partial charge in [-0.05, 0) is 54.5 Å². The van der Waals surface area contributed by atoms with Gasteiger partial charge < -0.3 is 20.1 Å². The van der Waals surface area contributed by atoms with Gasteiger partial charge in [-0.1, -0.05) is 24.8 Å². The van der Waals surface area contributed by atoms with E-state index >= 15 is 0 Å². The van der Waals surface area contributed by atoms with Crippen molar-refractivity contribution in [2.24, 2.45) is 0 Å². The van der Waals surface area contributed by atoms with Crippen LogP contribution in [0.1, 0.15) is 12.5 Å². The Bertz CT molecular complexity index is 788. The predicted octanol–water partition coefficient (Wildman–Crippen LogP) is 3.71. The molecule has 0 bridgehead atoms. The van der Waals surface area contributed by atoms with Crippen LogP contribution in [-0.2, 0) is 11.2 Å². The first kappa shape index (κ1) is 19.5. The molecule has 0 heterocycles. The third kappa shape index (κ3) is 6.57. The summed E-state index contributed by atoms with van der Waals surface area (Å²) in [7, 11) is 1.60. The van der Waals surface area contributed by atoms with Gasteiger partial charge in [-0.3, -0.25) is 4.79 Å². The number of hydrogen-bond donors (Lipinski definition) is 2. The topological polar surface area (TPSA) is 59.6 Å². The third-order valence-electron chi connectivity index (χ3n) is 3.35. The summed E-state index contributed by atoms with van der Waals surface area (Å²) in [5.74, 6) is 1.26. The highest BCUT2D eigenvalue weighted by Crippen LogP contribution is 2.18. The number of anilines is 1. The summed E-state index contributed by atoms with van der Waals surface area (Å²) in [4.78, 5) is 12.1. The van der Waals surface area contributed by atoms with Gasteiger partial charge in [0.15, 0.2) is 5.11 Å². The Morgan fingerprint density at radius 2 is 1.88 bits per heavy atom. The number of amides is 1. The second-order valence-corrected chi connectivity index (χ2v) is 6.21. The number of carbonyl (C=O) groups is 1. The molecule has 26 heavy (non-hydrogen) atoms. The molecule has 0 aliphatic rings. The third-order valence-corrected chi connectivity index (χ3v) is 3.56. The molecule has 0 atom stereocenters. The highest BCUT2D eigenvalue weighted by Gasteiger charge is 2.07. The van der Waals surface area contributed by atoms with E-state index in [-0.39, 0.29) is 17.4 Å². The van der Waals surface area contributed by atoms with E-state index < -0.39 is 0 Å². The van der Waals surface area contributed by atoms with Gasteiger partial charge in [0.05, 0.1) is 13.5 Å². The van der Waals surface area contributed by atoms with Crippen LogP contribution in [0.2, 0.25) is 0 Å². The van der Waals surface area contributed by atoms with Crippen molar-refractivity contribution in [1.29, 1.82) is 0 Å². The summed E-state index contributed by atoms with van der Waals surface area (Å²) in [6.45, 7) is 6.15. The molecule has 0 aliphatic carbocycles. The minimum atomic E-state index is -0.192. The molecule has 136 valence electrons. The molecular formula is C20H22N2O3S. The molecule has 0 radical (unpaired) electrons. The minimum absolute atomic E-state index is 0.192. The van der Waals surface area contributed by atoms with Gasteiger partial charge in [0.25, 0.3) is 0 Å². The van der Waals surface area contributed by atoms with Gasteiger partial charge in [0.1, 0.15) is 18.1 Å². The number of carbonyl (C=O) groups excluding carboxylic acids is 1. The van der Waals surface area contributed by atoms with Gasteiger partial charge in [-0.15, -0.1) is 0 Å². The van der Waals surface area contributed by atoms with E-state index in [1.54, 1.807) is 7.11 Å². The summed E-state index contributed by atoms with van der Waals surface area (Å²) in [6, 6.07) is 14.7. The molecule has 0 saturated carbocycles. The molecule has 2 aromatic carbocycles. The zero-order chi connectivity index (χ0) is 18.9. The molecule has 0 aromatic heterocycles. The number of hydrogen-bond acceptors (Lipinski definition) is 4. The van der Waals surface area contributed by atoms with Crippen molar-refractivity contribution in [3.05, 3.63) is 66.2 Å². The number of ether oxygens (including phenoxy) is 2. The summed E-state index contributed by atoms with van der Waals surface area (Å²) in [5, 5.41) is 5.89. The van der Waals surface area contributed by atoms with Crippen LogP contribution in [0.5, 0.6) is 11.5 Å². The molecule has 0 fully saturated rings. The lowest BCUT2D eigenvalue weighted by atomic mass is 10.1. The fourth-order valence-corrected chi connectivity index (χ4v) is 2.36. The highest BCUT2D eigenvalue weighted by molar-refractivity contribution is 7.80. The van der Waals surface area contributed by atoms with Gasteiger partial charge in [0, 0.05) is 11.8 Å². The fourth-order valence-electron chi connectivity index (χ4n) is 2.13. The van der Waals surface area contributed by atoms with Gasteiger partial charge in [-0.25, -0.2) is 0 Å². The molecule has 0 unspecified atom stereocenters. The molecule has 2 rings (SSSR count). The number of methoxy groups -OCH3 is 1. The largest absolute Gasteiger partial charge is 0.497 e. The van der Waals surface area contributed by atoms with Gasteiger partial charge in [-0.2, -0.15) is 0 Å². The number of nitrogens with one attached hydrogen (secondary N) is 2. The summed E-state index contributed by atoms with van der Waals surface area (Å²) in [6.07, 6.45) is 0.230. The highest BCUT2D eigenvalue weighted by atomic mass is 32.1. The van der Waals surface area contributed by atoms with Crippen LogP contribution in [0.4, 0.5) is 5.69 Å². The molecule has 2 N–H and O–H groups in total. The van der Waals surface area contributed by atoms with E-state index in [4.69, 9.17) is 21.7 Å². The molecule has 1 amide bonds. The molecule has 2 aromatic rings. The van der Waals surface area contributed by atoms with E-state index in [0.29, 0.717) is 12.4 Å². The summed E-state index contributed by atoms with van der Waals surface area (Å²) in [5.41, 5.74) is 2.55. The Morgan fingerprint density at radius 1 is 1.15 bits per heavy atom. The zero-order valence-corrected chi connectivity index (χ0v) is 15.7. The van der Waals surface area contributed by atoms with Crippen LogP contribution in [0.25, 0.3) is 0 Å². The van der Waals surface area contributed by atoms with Crippen molar-refractivity contribution < 1.29 is 14.3 Å². The average molecular weight is 370 g/mol. The lowest BCUT2D eigenvalue weighted by Crippen LogP contribution is -2.35. The van der Waals surface area contributed by atoms with Crippen molar-refractivity contribution >= 4 is 28.9 Å². The van der Waals surface area contributed by atoms with E-state index in [0.717, 1.165) is 22.6 Å². The second kappa shape index (κ2) is 9.58. The van der Waals surface area contributed by atoms with E-state index in [9.17, 15) is 4.79 Å². The molecule has 0 aliphatic heterocycles. The van der Waals surface area contributed by atoms with E-state index in [2.05, 4.69) is 17.2 Å². The number of benzene rings is 2. The number of thiocarbonyl (C=S) groups is 1. The average Bonchev–Trinajstić information content (AvgIpc) is 2.60. The first-order valence-corrected chi connectivity index (χ1v) is 8.48. The first-order chi connectivity index (χ1) is 12.5. The molecule has 6 heteroatoms. The van der Waals surface area contributed by atoms with Crippen molar-refractivity contribution in [1.82, 2.24) is 5.32 Å². The second-order valence-electron chi connectivity index (χ2n) is 5.80. The zero-order valence-electron chi connectivity index (χ0n) is 14.9. The van der Waals surface area contributed by atoms with Crippen LogP contribution in [0.3, 0.4) is 0 Å². The lowest BCUT2D eigenvalue weighted by molar-refractivity contribution is -0.119. The minimum Gasteiger partial charge on any atom is -0.497 e. The first-order valence-electron chi connectivity index (χ1n) is 8.07. The van der Waals surface area contributed by atoms with Crippen molar-refractivity contribution in [2.45, 2.75) is 13.3 Å². The predicted molar refractivity (Wildman–Crippen MR) is 108 cm³/mol. The quantitative estimate of drug-likeness (QED) is 0.575. The fraction of sp³-hybridized carbons (Fsp3) is 0.200. The van der Waals surface area contributed by atoms with E-state index in [1.807, 2.05) is 55.5 Å². The number of rotatable bonds is 7. The smallest absolute Gasteiger partial charge is 0.230 e. The van der Waals surface area contributed by atoms with Crippen LogP contribution in [-0.4, -0.2) is 24.7 Å². The van der Waals surface area contributed by atoms with Crippen molar-refractivity contribution in [3.8, 4) is 11.5 Å². The molecule has 0 spiro atoms. The Balaban J connectivity index is 1.86. The molecule has 0 saturated heterocycles. The Labute approximate surface area is 159 Å². The lowest BCUT2D eigenvalue weighted by Gasteiger charge is -2.11. The van der Waals surface area contributed by atoms with Crippen LogP contribution in [0, 0.1) is 0 Å². The van der Waals surface area contributed by atoms with Crippen LogP contribution >= 0.6 is 12.2 Å².